The van der Waals surface area contributed by atoms with Gasteiger partial charge in [0.1, 0.15) is 0 Å². The molecule has 2 atom stereocenters. The molecule has 0 radical (unpaired) electrons. The van der Waals surface area contributed by atoms with Crippen LogP contribution in [0.4, 0.5) is 0 Å². The van der Waals surface area contributed by atoms with E-state index in [2.05, 4.69) is 0 Å². The van der Waals surface area contributed by atoms with Crippen molar-refractivity contribution in [3.63, 3.8) is 0 Å². The number of aliphatic hydroxyl groups excluding tert-OH is 3. The molecule has 0 aliphatic rings. The summed E-state index contributed by atoms with van der Waals surface area (Å²) in [5, 5.41) is 26.4. The Hall–Kier alpha value is 0.230. The SMILES string of the molecule is CCC(O)CSCC(O)CO. The molecule has 0 spiro atoms. The molecule has 0 fully saturated rings. The lowest BCUT2D eigenvalue weighted by atomic mass is 10.3. The highest BCUT2D eigenvalue weighted by atomic mass is 32.2. The zero-order valence-corrected chi connectivity index (χ0v) is 7.55. The third-order valence-electron chi connectivity index (χ3n) is 1.30. The van der Waals surface area contributed by atoms with Crippen molar-refractivity contribution in [1.29, 1.82) is 0 Å². The summed E-state index contributed by atoms with van der Waals surface area (Å²) in [5.41, 5.74) is 0. The van der Waals surface area contributed by atoms with E-state index in [-0.39, 0.29) is 12.7 Å². The van der Waals surface area contributed by atoms with Crippen LogP contribution in [0.15, 0.2) is 0 Å². The van der Waals surface area contributed by atoms with Gasteiger partial charge in [0.2, 0.25) is 0 Å². The monoisotopic (exact) mass is 180 g/mol. The highest BCUT2D eigenvalue weighted by molar-refractivity contribution is 7.99. The van der Waals surface area contributed by atoms with E-state index in [1.165, 1.54) is 11.8 Å². The molecule has 4 heteroatoms. The largest absolute Gasteiger partial charge is 0.394 e. The van der Waals surface area contributed by atoms with Crippen molar-refractivity contribution in [2.24, 2.45) is 0 Å². The minimum Gasteiger partial charge on any atom is -0.394 e. The van der Waals surface area contributed by atoms with Gasteiger partial charge in [-0.25, -0.2) is 0 Å². The Morgan fingerprint density at radius 3 is 2.18 bits per heavy atom. The van der Waals surface area contributed by atoms with Gasteiger partial charge in [-0.3, -0.25) is 0 Å². The van der Waals surface area contributed by atoms with Crippen molar-refractivity contribution >= 4 is 11.8 Å². The number of rotatable bonds is 6. The second kappa shape index (κ2) is 6.91. The van der Waals surface area contributed by atoms with E-state index in [1.807, 2.05) is 6.92 Å². The van der Waals surface area contributed by atoms with Crippen molar-refractivity contribution in [1.82, 2.24) is 0 Å². The maximum absolute atomic E-state index is 9.08. The van der Waals surface area contributed by atoms with Gasteiger partial charge in [-0.1, -0.05) is 6.92 Å². The molecule has 11 heavy (non-hydrogen) atoms. The third-order valence-corrected chi connectivity index (χ3v) is 2.54. The smallest absolute Gasteiger partial charge is 0.0861 e. The minimum absolute atomic E-state index is 0.199. The molecule has 3 nitrogen and oxygen atoms in total. The molecule has 0 aliphatic heterocycles. The maximum atomic E-state index is 9.08. The van der Waals surface area contributed by atoms with Gasteiger partial charge in [0.05, 0.1) is 18.8 Å². The van der Waals surface area contributed by atoms with Gasteiger partial charge >= 0.3 is 0 Å². The van der Waals surface area contributed by atoms with Crippen molar-refractivity contribution < 1.29 is 15.3 Å². The van der Waals surface area contributed by atoms with Crippen LogP contribution >= 0.6 is 11.8 Å². The van der Waals surface area contributed by atoms with Crippen LogP contribution in [0.5, 0.6) is 0 Å². The fraction of sp³-hybridized carbons (Fsp3) is 1.00. The number of aliphatic hydroxyl groups is 3. The Labute approximate surface area is 71.4 Å². The lowest BCUT2D eigenvalue weighted by molar-refractivity contribution is 0.113. The van der Waals surface area contributed by atoms with E-state index in [1.54, 1.807) is 0 Å². The third kappa shape index (κ3) is 6.62. The molecule has 0 aromatic rings. The molecular formula is C7H16O3S. The first-order valence-corrected chi connectivity index (χ1v) is 4.90. The molecule has 68 valence electrons. The Morgan fingerprint density at radius 1 is 1.18 bits per heavy atom. The number of hydrogen-bond donors (Lipinski definition) is 3. The van der Waals surface area contributed by atoms with Crippen LogP contribution in [0.25, 0.3) is 0 Å². The van der Waals surface area contributed by atoms with Crippen LogP contribution in [-0.4, -0.2) is 45.6 Å². The summed E-state index contributed by atoms with van der Waals surface area (Å²) in [6.45, 7) is 1.71. The van der Waals surface area contributed by atoms with Crippen LogP contribution in [0, 0.1) is 0 Å². The highest BCUT2D eigenvalue weighted by Gasteiger charge is 2.04. The first-order chi connectivity index (χ1) is 5.20. The number of hydrogen-bond acceptors (Lipinski definition) is 4. The van der Waals surface area contributed by atoms with Gasteiger partial charge in [0.25, 0.3) is 0 Å². The maximum Gasteiger partial charge on any atom is 0.0861 e. The van der Waals surface area contributed by atoms with E-state index in [4.69, 9.17) is 15.3 Å². The van der Waals surface area contributed by atoms with E-state index in [0.717, 1.165) is 6.42 Å². The van der Waals surface area contributed by atoms with Crippen LogP contribution in [0.3, 0.4) is 0 Å². The molecule has 0 aliphatic carbocycles. The molecular weight excluding hydrogens is 164 g/mol. The lowest BCUT2D eigenvalue weighted by Gasteiger charge is -2.09. The van der Waals surface area contributed by atoms with Gasteiger partial charge in [0.15, 0.2) is 0 Å². The Bertz CT molecular complexity index is 79.8. The van der Waals surface area contributed by atoms with Gasteiger partial charge < -0.3 is 15.3 Å². The number of thioether (sulfide) groups is 1. The first kappa shape index (κ1) is 11.2. The standard InChI is InChI=1S/C7H16O3S/c1-2-6(9)4-11-5-7(10)3-8/h6-10H,2-5H2,1H3. The zero-order valence-electron chi connectivity index (χ0n) is 6.73. The van der Waals surface area contributed by atoms with Gasteiger partial charge in [-0.2, -0.15) is 11.8 Å². The molecule has 0 aromatic heterocycles. The molecule has 0 rings (SSSR count). The first-order valence-electron chi connectivity index (χ1n) is 3.75. The molecule has 0 aromatic carbocycles. The molecule has 3 N–H and O–H groups in total. The Morgan fingerprint density at radius 2 is 1.73 bits per heavy atom. The normalized spacial score (nSPS) is 16.4. The van der Waals surface area contributed by atoms with Crippen molar-refractivity contribution in [3.8, 4) is 0 Å². The Kier molecular flexibility index (Phi) is 7.06. The van der Waals surface area contributed by atoms with E-state index >= 15 is 0 Å². The second-order valence-corrected chi connectivity index (χ2v) is 3.51. The zero-order chi connectivity index (χ0) is 8.69. The van der Waals surface area contributed by atoms with Gasteiger partial charge in [0, 0.05) is 11.5 Å². The van der Waals surface area contributed by atoms with E-state index in [9.17, 15) is 0 Å². The molecule has 0 saturated heterocycles. The molecule has 0 bridgehead atoms. The second-order valence-electron chi connectivity index (χ2n) is 2.44. The van der Waals surface area contributed by atoms with Crippen molar-refractivity contribution in [2.45, 2.75) is 25.6 Å². The lowest BCUT2D eigenvalue weighted by Crippen LogP contribution is -2.17. The van der Waals surface area contributed by atoms with Crippen molar-refractivity contribution in [2.75, 3.05) is 18.1 Å². The average Bonchev–Trinajstić information content (AvgIpc) is 2.04. The van der Waals surface area contributed by atoms with Crippen LogP contribution in [-0.2, 0) is 0 Å². The van der Waals surface area contributed by atoms with Crippen LogP contribution in [0.2, 0.25) is 0 Å². The topological polar surface area (TPSA) is 60.7 Å². The average molecular weight is 180 g/mol. The van der Waals surface area contributed by atoms with E-state index < -0.39 is 6.10 Å². The molecule has 2 unspecified atom stereocenters. The summed E-state index contributed by atoms with van der Waals surface area (Å²) in [6, 6.07) is 0. The molecule has 0 saturated carbocycles. The Balaban J connectivity index is 3.13. The fourth-order valence-electron chi connectivity index (χ4n) is 0.511. The fourth-order valence-corrected chi connectivity index (χ4v) is 1.53. The summed E-state index contributed by atoms with van der Waals surface area (Å²) >= 11 is 1.46. The molecule has 0 heterocycles. The summed E-state index contributed by atoms with van der Waals surface area (Å²) < 4.78 is 0. The quantitative estimate of drug-likeness (QED) is 0.532. The minimum atomic E-state index is -0.649. The summed E-state index contributed by atoms with van der Waals surface area (Å²) in [4.78, 5) is 0. The van der Waals surface area contributed by atoms with E-state index in [0.29, 0.717) is 11.5 Å². The van der Waals surface area contributed by atoms with Gasteiger partial charge in [-0.15, -0.1) is 0 Å². The predicted molar refractivity (Wildman–Crippen MR) is 46.7 cm³/mol. The van der Waals surface area contributed by atoms with Crippen LogP contribution in [0.1, 0.15) is 13.3 Å². The molecule has 0 amide bonds. The highest BCUT2D eigenvalue weighted by Crippen LogP contribution is 2.06. The van der Waals surface area contributed by atoms with Crippen molar-refractivity contribution in [3.05, 3.63) is 0 Å². The predicted octanol–water partition coefficient (Wildman–Crippen LogP) is -0.156. The summed E-state index contributed by atoms with van der Waals surface area (Å²) in [5.74, 6) is 1.13. The van der Waals surface area contributed by atoms with Gasteiger partial charge in [-0.05, 0) is 6.42 Å². The van der Waals surface area contributed by atoms with Crippen LogP contribution < -0.4 is 0 Å². The summed E-state index contributed by atoms with van der Waals surface area (Å²) in [7, 11) is 0. The summed E-state index contributed by atoms with van der Waals surface area (Å²) in [6.07, 6.45) is -0.197.